The van der Waals surface area contributed by atoms with Crippen molar-refractivity contribution in [3.63, 3.8) is 0 Å². The Morgan fingerprint density at radius 1 is 0.310 bits per heavy atom. The zero-order chi connectivity index (χ0) is 47.6. The monoisotopic (exact) mass is 926 g/mol. The summed E-state index contributed by atoms with van der Waals surface area (Å²) in [5, 5.41) is 10.4. The third-order valence-corrected chi connectivity index (χ3v) is 21.2. The topological polar surface area (TPSA) is 18.5 Å². The highest BCUT2D eigenvalue weighted by Gasteiger charge is 2.50. The summed E-state index contributed by atoms with van der Waals surface area (Å²) < 4.78 is 14.1. The Hall–Kier alpha value is -8.24. The molecule has 338 valence electrons. The smallest absolute Gasteiger partial charge is 0.181 e. The van der Waals surface area contributed by atoms with E-state index in [9.17, 15) is 0 Å². The zero-order valence-electron chi connectivity index (χ0n) is 40.3. The number of ether oxygens (including phenoxy) is 2. The van der Waals surface area contributed by atoms with Gasteiger partial charge in [0.1, 0.15) is 23.0 Å². The van der Waals surface area contributed by atoms with E-state index in [1.165, 1.54) is 86.8 Å². The first kappa shape index (κ1) is 41.7. The molecule has 0 amide bonds. The molecule has 0 N–H and O–H groups in total. The highest BCUT2D eigenvalue weighted by atomic mass is 28.3. The minimum Gasteiger partial charge on any atom is -0.456 e. The van der Waals surface area contributed by atoms with Crippen LogP contribution in [0.5, 0.6) is 23.0 Å². The van der Waals surface area contributed by atoms with Crippen LogP contribution in [0.25, 0.3) is 66.1 Å². The van der Waals surface area contributed by atoms with Gasteiger partial charge in [0.25, 0.3) is 0 Å². The second kappa shape index (κ2) is 15.4. The SMILES string of the molecule is CC1(C)c2ccccc2Oc2c(-c3cccc4c(-c5cccc6c5[Si](c5ccccc5)(c5ccccc5)c5ccccc5-6)c5cccc(-c6cccc7c6Oc6ccccc6C7(C)C)c5cc34)cccc21. The van der Waals surface area contributed by atoms with Gasteiger partial charge in [-0.15, -0.1) is 0 Å². The van der Waals surface area contributed by atoms with E-state index in [0.717, 1.165) is 45.3 Å². The molecule has 0 aromatic heterocycles. The molecule has 3 aliphatic rings. The second-order valence-corrected chi connectivity index (χ2v) is 24.3. The first-order chi connectivity index (χ1) is 34.8. The molecule has 0 saturated heterocycles. The summed E-state index contributed by atoms with van der Waals surface area (Å²) in [7, 11) is -2.96. The van der Waals surface area contributed by atoms with Gasteiger partial charge in [0, 0.05) is 44.2 Å². The predicted molar refractivity (Wildman–Crippen MR) is 298 cm³/mol. The van der Waals surface area contributed by atoms with E-state index >= 15 is 0 Å². The lowest BCUT2D eigenvalue weighted by Crippen LogP contribution is -2.73. The Labute approximate surface area is 416 Å². The molecule has 0 fully saturated rings. The lowest BCUT2D eigenvalue weighted by molar-refractivity contribution is 0.419. The molecule has 0 saturated carbocycles. The first-order valence-electron chi connectivity index (χ1n) is 24.9. The van der Waals surface area contributed by atoms with Crippen molar-refractivity contribution in [2.24, 2.45) is 0 Å². The van der Waals surface area contributed by atoms with E-state index in [1.807, 2.05) is 0 Å². The fourth-order valence-corrected chi connectivity index (χ4v) is 18.4. The molecule has 11 aromatic rings. The first-order valence-corrected chi connectivity index (χ1v) is 26.9. The molecule has 71 heavy (non-hydrogen) atoms. The lowest BCUT2D eigenvalue weighted by Gasteiger charge is -2.36. The molecular weight excluding hydrogens is 877 g/mol. The standard InChI is InChI=1S/C68H50O2Si/c1-67(2)56-35-12-14-39-60(56)69-64-50(31-20-37-58(64)67)45-27-17-29-48-54(45)42-55-46(51-32-21-38-59-65(51)70-61-40-15-13-36-57(61)68(59,3)4)28-18-30-49(55)63(48)53-34-19-33-52-47-26-11-16-41-62(47)71(66(52)53,43-22-7-5-8-23-43)44-24-9-6-10-25-44/h5-42H,1-4H3. The minimum atomic E-state index is -2.96. The van der Waals surface area contributed by atoms with Crippen LogP contribution in [0.4, 0.5) is 0 Å². The van der Waals surface area contributed by atoms with E-state index in [2.05, 4.69) is 258 Å². The fraction of sp³-hybridized carbons (Fsp3) is 0.0882. The minimum absolute atomic E-state index is 0.267. The van der Waals surface area contributed by atoms with E-state index in [1.54, 1.807) is 0 Å². The van der Waals surface area contributed by atoms with Crippen molar-refractivity contribution in [2.75, 3.05) is 0 Å². The molecule has 3 aliphatic heterocycles. The molecule has 3 heterocycles. The molecule has 0 aliphatic carbocycles. The third kappa shape index (κ3) is 5.81. The maximum atomic E-state index is 7.06. The molecular formula is C68H50O2Si. The van der Waals surface area contributed by atoms with E-state index in [4.69, 9.17) is 9.47 Å². The Bertz CT molecular complexity index is 3790. The summed E-state index contributed by atoms with van der Waals surface area (Å²) in [5.74, 6) is 3.65. The van der Waals surface area contributed by atoms with E-state index in [-0.39, 0.29) is 10.8 Å². The van der Waals surface area contributed by atoms with Crippen molar-refractivity contribution >= 4 is 50.4 Å². The normalized spacial score (nSPS) is 15.0. The maximum absolute atomic E-state index is 7.06. The summed E-state index contributed by atoms with van der Waals surface area (Å²) >= 11 is 0. The van der Waals surface area contributed by atoms with Crippen LogP contribution in [0, 0.1) is 0 Å². The van der Waals surface area contributed by atoms with Crippen molar-refractivity contribution < 1.29 is 9.47 Å². The van der Waals surface area contributed by atoms with Gasteiger partial charge < -0.3 is 9.47 Å². The van der Waals surface area contributed by atoms with Crippen LogP contribution in [0.3, 0.4) is 0 Å². The average molecular weight is 927 g/mol. The van der Waals surface area contributed by atoms with Gasteiger partial charge >= 0.3 is 0 Å². The van der Waals surface area contributed by atoms with Crippen LogP contribution in [-0.2, 0) is 10.8 Å². The van der Waals surface area contributed by atoms with Gasteiger partial charge in [0.2, 0.25) is 0 Å². The quantitative estimate of drug-likeness (QED) is 0.126. The van der Waals surface area contributed by atoms with Gasteiger partial charge in [-0.1, -0.05) is 240 Å². The van der Waals surface area contributed by atoms with Crippen LogP contribution >= 0.6 is 0 Å². The Morgan fingerprint density at radius 2 is 0.704 bits per heavy atom. The molecule has 0 spiro atoms. The largest absolute Gasteiger partial charge is 0.456 e. The van der Waals surface area contributed by atoms with Gasteiger partial charge in [0.15, 0.2) is 8.07 Å². The Balaban J connectivity index is 1.12. The predicted octanol–water partition coefficient (Wildman–Crippen LogP) is 15.2. The summed E-state index contributed by atoms with van der Waals surface area (Å²) in [6.07, 6.45) is 0. The molecule has 11 aromatic carbocycles. The third-order valence-electron chi connectivity index (χ3n) is 16.3. The number of benzene rings is 11. The van der Waals surface area contributed by atoms with Crippen molar-refractivity contribution in [1.82, 2.24) is 0 Å². The van der Waals surface area contributed by atoms with Gasteiger partial charge in [0.05, 0.1) is 0 Å². The van der Waals surface area contributed by atoms with Crippen molar-refractivity contribution in [3.05, 3.63) is 253 Å². The zero-order valence-corrected chi connectivity index (χ0v) is 41.3. The molecule has 0 bridgehead atoms. The van der Waals surface area contributed by atoms with Crippen LogP contribution in [0.2, 0.25) is 0 Å². The number of rotatable bonds is 5. The van der Waals surface area contributed by atoms with Crippen LogP contribution in [0.15, 0.2) is 231 Å². The van der Waals surface area contributed by atoms with Crippen LogP contribution < -0.4 is 30.2 Å². The molecule has 3 heteroatoms. The summed E-state index contributed by atoms with van der Waals surface area (Å²) in [6, 6.07) is 85.9. The highest BCUT2D eigenvalue weighted by Crippen LogP contribution is 2.55. The molecule has 0 unspecified atom stereocenters. The number of hydrogen-bond acceptors (Lipinski definition) is 2. The summed E-state index contributed by atoms with van der Waals surface area (Å²) in [5.41, 5.74) is 13.8. The van der Waals surface area contributed by atoms with Crippen molar-refractivity contribution in [2.45, 2.75) is 38.5 Å². The van der Waals surface area contributed by atoms with Crippen molar-refractivity contribution in [3.8, 4) is 67.5 Å². The van der Waals surface area contributed by atoms with Gasteiger partial charge in [-0.2, -0.15) is 0 Å². The molecule has 2 nitrogen and oxygen atoms in total. The van der Waals surface area contributed by atoms with Crippen LogP contribution in [0.1, 0.15) is 49.9 Å². The van der Waals surface area contributed by atoms with Gasteiger partial charge in [-0.05, 0) is 93.9 Å². The molecule has 14 rings (SSSR count). The number of para-hydroxylation sites is 4. The Morgan fingerprint density at radius 3 is 1.25 bits per heavy atom. The van der Waals surface area contributed by atoms with Crippen LogP contribution in [-0.4, -0.2) is 8.07 Å². The Kier molecular flexibility index (Phi) is 9.03. The number of fused-ring (bicyclic) bond motifs is 9. The molecule has 0 radical (unpaired) electrons. The highest BCUT2D eigenvalue weighted by molar-refractivity contribution is 7.22. The van der Waals surface area contributed by atoms with Gasteiger partial charge in [-0.3, -0.25) is 0 Å². The summed E-state index contributed by atoms with van der Waals surface area (Å²) in [4.78, 5) is 0. The fourth-order valence-electron chi connectivity index (χ4n) is 13.0. The second-order valence-electron chi connectivity index (χ2n) is 20.6. The van der Waals surface area contributed by atoms with Gasteiger partial charge in [-0.25, -0.2) is 0 Å². The maximum Gasteiger partial charge on any atom is 0.181 e. The lowest BCUT2D eigenvalue weighted by atomic mass is 9.74. The summed E-state index contributed by atoms with van der Waals surface area (Å²) in [6.45, 7) is 9.29. The van der Waals surface area contributed by atoms with E-state index in [0.29, 0.717) is 0 Å². The number of hydrogen-bond donors (Lipinski definition) is 0. The average Bonchev–Trinajstić information content (AvgIpc) is 3.72. The van der Waals surface area contributed by atoms with E-state index < -0.39 is 8.07 Å². The van der Waals surface area contributed by atoms with Crippen molar-refractivity contribution in [1.29, 1.82) is 0 Å². The molecule has 0 atom stereocenters.